The standard InChI is InChI=1S/C15H16N4O3/c1-2-22-15(20)13-14(16)18-10-12(19(13)21)9-17-8-11-6-4-3-5-7-11/h3-7,9-10H,2,8H2,1H3,(H2,16,18). The second kappa shape index (κ2) is 7.16. The molecule has 0 aliphatic carbocycles. The zero-order valence-corrected chi connectivity index (χ0v) is 12.1. The van der Waals surface area contributed by atoms with Crippen LogP contribution in [-0.2, 0) is 11.3 Å². The van der Waals surface area contributed by atoms with Gasteiger partial charge in [-0.3, -0.25) is 4.99 Å². The molecule has 0 aliphatic rings. The highest BCUT2D eigenvalue weighted by molar-refractivity contribution is 5.90. The SMILES string of the molecule is CCOC(=O)c1c(N)ncc(C=NCc2ccccc2)[n+]1[O-]. The summed E-state index contributed by atoms with van der Waals surface area (Å²) in [5.74, 6) is -0.977. The number of hydrogen-bond donors (Lipinski definition) is 1. The van der Waals surface area contributed by atoms with Gasteiger partial charge in [0.05, 0.1) is 19.4 Å². The van der Waals surface area contributed by atoms with Crippen LogP contribution in [0.15, 0.2) is 41.5 Å². The number of nitrogens with zero attached hydrogens (tertiary/aromatic N) is 3. The van der Waals surface area contributed by atoms with Crippen molar-refractivity contribution in [3.05, 3.63) is 58.7 Å². The van der Waals surface area contributed by atoms with Crippen LogP contribution in [0.25, 0.3) is 0 Å². The molecular weight excluding hydrogens is 284 g/mol. The number of anilines is 1. The van der Waals surface area contributed by atoms with Gasteiger partial charge in [-0.25, -0.2) is 9.78 Å². The predicted molar refractivity (Wildman–Crippen MR) is 81.3 cm³/mol. The highest BCUT2D eigenvalue weighted by Crippen LogP contribution is 2.06. The first-order valence-electron chi connectivity index (χ1n) is 6.72. The maximum absolute atomic E-state index is 12.2. The van der Waals surface area contributed by atoms with E-state index in [0.29, 0.717) is 11.3 Å². The van der Waals surface area contributed by atoms with Gasteiger partial charge in [-0.1, -0.05) is 30.3 Å². The average Bonchev–Trinajstić information content (AvgIpc) is 2.51. The molecule has 0 unspecified atom stereocenters. The van der Waals surface area contributed by atoms with Gasteiger partial charge >= 0.3 is 11.7 Å². The minimum Gasteiger partial charge on any atom is -0.617 e. The topological polar surface area (TPSA) is 105 Å². The molecule has 1 aromatic heterocycles. The number of hydrogen-bond acceptors (Lipinski definition) is 6. The zero-order chi connectivity index (χ0) is 15.9. The van der Waals surface area contributed by atoms with Crippen molar-refractivity contribution in [2.24, 2.45) is 4.99 Å². The number of carbonyl (C=O) groups excluding carboxylic acids is 1. The first-order chi connectivity index (χ1) is 10.6. The van der Waals surface area contributed by atoms with Crippen molar-refractivity contribution in [3.8, 4) is 0 Å². The molecule has 0 amide bonds. The Morgan fingerprint density at radius 1 is 1.45 bits per heavy atom. The van der Waals surface area contributed by atoms with Gasteiger partial charge in [-0.15, -0.1) is 0 Å². The molecule has 0 saturated heterocycles. The number of ether oxygens (including phenoxy) is 1. The van der Waals surface area contributed by atoms with Gasteiger partial charge in [0.2, 0.25) is 5.82 Å². The van der Waals surface area contributed by atoms with E-state index in [1.165, 1.54) is 12.4 Å². The third-order valence-corrected chi connectivity index (χ3v) is 2.83. The Bertz CT molecular complexity index is 687. The minimum atomic E-state index is -0.805. The van der Waals surface area contributed by atoms with E-state index in [9.17, 15) is 10.0 Å². The van der Waals surface area contributed by atoms with Gasteiger partial charge in [0.25, 0.3) is 5.69 Å². The quantitative estimate of drug-likeness (QED) is 0.385. The molecule has 2 N–H and O–H groups in total. The molecule has 22 heavy (non-hydrogen) atoms. The molecule has 0 aliphatic heterocycles. The predicted octanol–water partition coefficient (Wildman–Crippen LogP) is 1.09. The van der Waals surface area contributed by atoms with Crippen molar-refractivity contribution in [1.82, 2.24) is 4.98 Å². The average molecular weight is 300 g/mol. The Kier molecular flexibility index (Phi) is 5.02. The normalized spacial score (nSPS) is 10.8. The van der Waals surface area contributed by atoms with E-state index in [2.05, 4.69) is 9.98 Å². The van der Waals surface area contributed by atoms with Gasteiger partial charge in [0, 0.05) is 0 Å². The summed E-state index contributed by atoms with van der Waals surface area (Å²) in [5, 5.41) is 12.2. The first kappa shape index (κ1) is 15.4. The maximum atomic E-state index is 12.2. The molecular formula is C15H16N4O3. The van der Waals surface area contributed by atoms with E-state index in [0.717, 1.165) is 5.56 Å². The zero-order valence-electron chi connectivity index (χ0n) is 12.1. The third kappa shape index (κ3) is 3.57. The van der Waals surface area contributed by atoms with Crippen molar-refractivity contribution in [1.29, 1.82) is 0 Å². The molecule has 7 nitrogen and oxygen atoms in total. The van der Waals surface area contributed by atoms with E-state index in [-0.39, 0.29) is 23.8 Å². The van der Waals surface area contributed by atoms with Gasteiger partial charge < -0.3 is 15.7 Å². The van der Waals surface area contributed by atoms with E-state index >= 15 is 0 Å². The molecule has 2 rings (SSSR count). The molecule has 2 aromatic rings. The summed E-state index contributed by atoms with van der Waals surface area (Å²) in [6.07, 6.45) is 2.62. The van der Waals surface area contributed by atoms with E-state index in [1.54, 1.807) is 6.92 Å². The van der Waals surface area contributed by atoms with Gasteiger partial charge in [0.1, 0.15) is 6.20 Å². The van der Waals surface area contributed by atoms with Crippen LogP contribution >= 0.6 is 0 Å². The van der Waals surface area contributed by atoms with Crippen LogP contribution in [-0.4, -0.2) is 23.8 Å². The molecule has 7 heteroatoms. The molecule has 114 valence electrons. The van der Waals surface area contributed by atoms with Gasteiger partial charge in [-0.05, 0) is 12.5 Å². The second-order valence-corrected chi connectivity index (χ2v) is 4.39. The minimum absolute atomic E-state index is 0.119. The summed E-state index contributed by atoms with van der Waals surface area (Å²) < 4.78 is 5.18. The van der Waals surface area contributed by atoms with Crippen molar-refractivity contribution in [3.63, 3.8) is 0 Å². The fourth-order valence-corrected chi connectivity index (χ4v) is 1.78. The number of rotatable bonds is 5. The number of benzene rings is 1. The first-order valence-corrected chi connectivity index (χ1v) is 6.72. The fraction of sp³-hybridized carbons (Fsp3) is 0.200. The van der Waals surface area contributed by atoms with Crippen LogP contribution in [0.2, 0.25) is 0 Å². The van der Waals surface area contributed by atoms with E-state index in [1.807, 2.05) is 30.3 Å². The molecule has 1 aromatic carbocycles. The van der Waals surface area contributed by atoms with Crippen molar-refractivity contribution in [2.45, 2.75) is 13.5 Å². The lowest BCUT2D eigenvalue weighted by molar-refractivity contribution is -0.609. The Morgan fingerprint density at radius 2 is 2.18 bits per heavy atom. The smallest absolute Gasteiger partial charge is 0.409 e. The number of aliphatic imine (C=N–C) groups is 1. The molecule has 0 fully saturated rings. The molecule has 0 saturated carbocycles. The number of nitrogen functional groups attached to an aromatic ring is 1. The Hall–Kier alpha value is -2.96. The monoisotopic (exact) mass is 300 g/mol. The fourth-order valence-electron chi connectivity index (χ4n) is 1.78. The van der Waals surface area contributed by atoms with Crippen LogP contribution < -0.4 is 10.5 Å². The van der Waals surface area contributed by atoms with Crippen LogP contribution in [0, 0.1) is 5.21 Å². The lowest BCUT2D eigenvalue weighted by atomic mass is 10.2. The molecule has 0 radical (unpaired) electrons. The van der Waals surface area contributed by atoms with Gasteiger partial charge in [-0.2, -0.15) is 4.73 Å². The number of aromatic nitrogens is 2. The summed E-state index contributed by atoms with van der Waals surface area (Å²) in [4.78, 5) is 19.7. The van der Waals surface area contributed by atoms with E-state index in [4.69, 9.17) is 10.5 Å². The molecule has 0 bridgehead atoms. The Morgan fingerprint density at radius 3 is 2.86 bits per heavy atom. The lowest BCUT2D eigenvalue weighted by Crippen LogP contribution is -2.41. The van der Waals surface area contributed by atoms with Crippen molar-refractivity contribution in [2.75, 3.05) is 12.3 Å². The summed E-state index contributed by atoms with van der Waals surface area (Å²) >= 11 is 0. The Balaban J connectivity index is 2.21. The molecule has 0 atom stereocenters. The maximum Gasteiger partial charge on any atom is 0.409 e. The van der Waals surface area contributed by atoms with Crippen LogP contribution in [0.1, 0.15) is 28.7 Å². The number of nitrogens with two attached hydrogens (primary N) is 1. The summed E-state index contributed by atoms with van der Waals surface area (Å²) in [6.45, 7) is 2.20. The van der Waals surface area contributed by atoms with Crippen molar-refractivity contribution >= 4 is 18.0 Å². The van der Waals surface area contributed by atoms with Crippen molar-refractivity contribution < 1.29 is 14.3 Å². The number of esters is 1. The van der Waals surface area contributed by atoms with Crippen LogP contribution in [0.5, 0.6) is 0 Å². The third-order valence-electron chi connectivity index (χ3n) is 2.83. The summed E-state index contributed by atoms with van der Waals surface area (Å²) in [6, 6.07) is 9.57. The molecule has 1 heterocycles. The number of carbonyl (C=O) groups is 1. The van der Waals surface area contributed by atoms with Gasteiger partial charge in [0.15, 0.2) is 0 Å². The largest absolute Gasteiger partial charge is 0.617 e. The summed E-state index contributed by atoms with van der Waals surface area (Å²) in [5.41, 5.74) is 6.36. The highest BCUT2D eigenvalue weighted by atomic mass is 16.5. The van der Waals surface area contributed by atoms with Crippen LogP contribution in [0.4, 0.5) is 5.82 Å². The Labute approximate surface area is 127 Å². The highest BCUT2D eigenvalue weighted by Gasteiger charge is 2.25. The second-order valence-electron chi connectivity index (χ2n) is 4.39. The van der Waals surface area contributed by atoms with E-state index < -0.39 is 5.97 Å². The molecule has 0 spiro atoms. The summed E-state index contributed by atoms with van der Waals surface area (Å²) in [7, 11) is 0. The lowest BCUT2D eigenvalue weighted by Gasteiger charge is -2.07. The van der Waals surface area contributed by atoms with Crippen LogP contribution in [0.3, 0.4) is 0 Å².